The van der Waals surface area contributed by atoms with Crippen molar-refractivity contribution in [3.63, 3.8) is 0 Å². The number of ether oxygens (including phenoxy) is 2. The number of para-hydroxylation sites is 1. The van der Waals surface area contributed by atoms with Gasteiger partial charge in [0.25, 0.3) is 0 Å². The van der Waals surface area contributed by atoms with Crippen LogP contribution in [0.3, 0.4) is 0 Å². The lowest BCUT2D eigenvalue weighted by Crippen LogP contribution is -2.34. The molecule has 4 atom stereocenters. The smallest absolute Gasteiger partial charge is 0.343 e. The van der Waals surface area contributed by atoms with Gasteiger partial charge in [-0.25, -0.2) is 14.5 Å². The van der Waals surface area contributed by atoms with E-state index in [9.17, 15) is 24.0 Å². The summed E-state index contributed by atoms with van der Waals surface area (Å²) < 4.78 is 10.6. The molecule has 3 fully saturated rings. The number of nitrogens with zero attached hydrogens (tertiary/aromatic N) is 1. The van der Waals surface area contributed by atoms with E-state index in [4.69, 9.17) is 32.7 Å². The zero-order valence-electron chi connectivity index (χ0n) is 21.5. The summed E-state index contributed by atoms with van der Waals surface area (Å²) in [6.45, 7) is -0.563. The molecule has 2 saturated carbocycles. The van der Waals surface area contributed by atoms with E-state index in [1.807, 2.05) is 0 Å². The van der Waals surface area contributed by atoms with E-state index >= 15 is 0 Å². The maximum absolute atomic E-state index is 13.3. The molecular formula is C31H23Cl2NO7. The summed E-state index contributed by atoms with van der Waals surface area (Å²) in [6, 6.07) is 16.4. The van der Waals surface area contributed by atoms with Gasteiger partial charge in [0.2, 0.25) is 11.8 Å². The number of esters is 2. The van der Waals surface area contributed by atoms with E-state index in [0.29, 0.717) is 5.02 Å². The quantitative estimate of drug-likeness (QED) is 0.148. The normalized spacial score (nSPS) is 22.5. The van der Waals surface area contributed by atoms with Crippen molar-refractivity contribution in [2.45, 2.75) is 19.3 Å². The Morgan fingerprint density at radius 3 is 2.07 bits per heavy atom. The van der Waals surface area contributed by atoms with Gasteiger partial charge in [-0.3, -0.25) is 14.4 Å². The highest BCUT2D eigenvalue weighted by Gasteiger charge is 2.61. The van der Waals surface area contributed by atoms with Crippen LogP contribution in [0.2, 0.25) is 10.0 Å². The fourth-order valence-electron chi connectivity index (χ4n) is 6.28. The van der Waals surface area contributed by atoms with E-state index < -0.39 is 24.3 Å². The van der Waals surface area contributed by atoms with Crippen LogP contribution in [-0.2, 0) is 14.3 Å². The Morgan fingerprint density at radius 1 is 0.780 bits per heavy atom. The van der Waals surface area contributed by atoms with E-state index in [1.54, 1.807) is 18.2 Å². The van der Waals surface area contributed by atoms with Crippen LogP contribution in [-0.4, -0.2) is 36.1 Å². The van der Waals surface area contributed by atoms with Crippen LogP contribution < -0.4 is 9.64 Å². The Labute approximate surface area is 245 Å². The Kier molecular flexibility index (Phi) is 7.13. The highest BCUT2D eigenvalue weighted by atomic mass is 35.5. The zero-order valence-corrected chi connectivity index (χ0v) is 23.1. The second-order valence-corrected chi connectivity index (χ2v) is 11.3. The number of ketones is 1. The molecule has 10 heteroatoms. The van der Waals surface area contributed by atoms with E-state index in [2.05, 4.69) is 0 Å². The van der Waals surface area contributed by atoms with Crippen LogP contribution in [0.4, 0.5) is 5.69 Å². The summed E-state index contributed by atoms with van der Waals surface area (Å²) in [7, 11) is 0. The van der Waals surface area contributed by atoms with Gasteiger partial charge < -0.3 is 9.47 Å². The van der Waals surface area contributed by atoms with Gasteiger partial charge in [-0.2, -0.15) is 0 Å². The average Bonchev–Trinajstić information content (AvgIpc) is 3.66. The molecule has 0 N–H and O–H groups in total. The standard InChI is InChI=1S/C31H23Cl2NO7/c32-22-12-9-19(14-23(22)33)30(38)41-20-10-7-16(8-11-20)25(35)15-40-31(39)21-3-1-2-4-24(21)34-28(36)26-17-5-6-18(13-17)27(26)29(34)37/h1-4,7-12,14,17-18,26-27H,5-6,13,15H2. The van der Waals surface area contributed by atoms with Crippen molar-refractivity contribution < 1.29 is 33.4 Å². The summed E-state index contributed by atoms with van der Waals surface area (Å²) in [5.41, 5.74) is 0.661. The molecule has 3 aromatic carbocycles. The second-order valence-electron chi connectivity index (χ2n) is 10.5. The van der Waals surface area contributed by atoms with Gasteiger partial charge in [0.1, 0.15) is 5.75 Å². The lowest BCUT2D eigenvalue weighted by molar-refractivity contribution is -0.123. The first-order valence-corrected chi connectivity index (χ1v) is 13.9. The Morgan fingerprint density at radius 2 is 1.41 bits per heavy atom. The minimum atomic E-state index is -0.818. The topological polar surface area (TPSA) is 107 Å². The number of hydrogen-bond donors (Lipinski definition) is 0. The number of rotatable bonds is 7. The number of carbonyl (C=O) groups is 5. The number of amides is 2. The predicted molar refractivity (Wildman–Crippen MR) is 149 cm³/mol. The van der Waals surface area contributed by atoms with E-state index in [1.165, 1.54) is 48.5 Å². The van der Waals surface area contributed by atoms with Gasteiger partial charge in [-0.1, -0.05) is 35.3 Å². The van der Waals surface area contributed by atoms with Gasteiger partial charge in [0.05, 0.1) is 38.7 Å². The van der Waals surface area contributed by atoms with Crippen LogP contribution in [0.25, 0.3) is 0 Å². The molecule has 2 aliphatic carbocycles. The molecule has 2 bridgehead atoms. The third-order valence-electron chi connectivity index (χ3n) is 8.17. The number of fused-ring (bicyclic) bond motifs is 5. The van der Waals surface area contributed by atoms with Crippen molar-refractivity contribution in [1.29, 1.82) is 0 Å². The molecule has 4 unspecified atom stereocenters. The lowest BCUT2D eigenvalue weighted by Gasteiger charge is -2.19. The van der Waals surface area contributed by atoms with E-state index in [0.717, 1.165) is 24.2 Å². The molecule has 1 saturated heterocycles. The number of anilines is 1. The third-order valence-corrected chi connectivity index (χ3v) is 8.91. The van der Waals surface area contributed by atoms with Crippen LogP contribution in [0, 0.1) is 23.7 Å². The van der Waals surface area contributed by atoms with Gasteiger partial charge in [0, 0.05) is 5.56 Å². The van der Waals surface area contributed by atoms with Crippen LogP contribution >= 0.6 is 23.2 Å². The molecular weight excluding hydrogens is 569 g/mol. The highest BCUT2D eigenvalue weighted by molar-refractivity contribution is 6.42. The monoisotopic (exact) mass is 591 g/mol. The first kappa shape index (κ1) is 27.2. The summed E-state index contributed by atoms with van der Waals surface area (Å²) >= 11 is 11.8. The van der Waals surface area contributed by atoms with Crippen LogP contribution in [0.15, 0.2) is 66.7 Å². The maximum Gasteiger partial charge on any atom is 0.343 e. The number of carbonyl (C=O) groups excluding carboxylic acids is 5. The summed E-state index contributed by atoms with van der Waals surface area (Å²) in [5.74, 6) is -2.49. The predicted octanol–water partition coefficient (Wildman–Crippen LogP) is 5.79. The van der Waals surface area contributed by atoms with Crippen molar-refractivity contribution in [3.8, 4) is 5.75 Å². The van der Waals surface area contributed by atoms with Gasteiger partial charge in [-0.05, 0) is 85.7 Å². The number of hydrogen-bond acceptors (Lipinski definition) is 7. The summed E-state index contributed by atoms with van der Waals surface area (Å²) in [4.78, 5) is 65.8. The van der Waals surface area contributed by atoms with Gasteiger partial charge >= 0.3 is 11.9 Å². The van der Waals surface area contributed by atoms with Crippen molar-refractivity contribution >= 4 is 58.4 Å². The van der Waals surface area contributed by atoms with Crippen LogP contribution in [0.1, 0.15) is 50.3 Å². The first-order valence-electron chi connectivity index (χ1n) is 13.2. The molecule has 8 nitrogen and oxygen atoms in total. The summed E-state index contributed by atoms with van der Waals surface area (Å²) in [6.07, 6.45) is 2.81. The van der Waals surface area contributed by atoms with Crippen molar-refractivity contribution in [3.05, 3.63) is 93.5 Å². The molecule has 6 rings (SSSR count). The second kappa shape index (κ2) is 10.8. The Hall–Kier alpha value is -4.01. The third kappa shape index (κ3) is 4.91. The SMILES string of the molecule is O=C(COC(=O)c1ccccc1N1C(=O)C2C3CCC(C3)C2C1=O)c1ccc(OC(=O)c2ccc(Cl)c(Cl)c2)cc1. The fraction of sp³-hybridized carbons (Fsp3) is 0.258. The summed E-state index contributed by atoms with van der Waals surface area (Å²) in [5, 5.41) is 0.523. The number of imide groups is 1. The first-order chi connectivity index (χ1) is 19.7. The molecule has 1 aliphatic heterocycles. The van der Waals surface area contributed by atoms with Crippen molar-refractivity contribution in [2.24, 2.45) is 23.7 Å². The highest BCUT2D eigenvalue weighted by Crippen LogP contribution is 2.56. The molecule has 0 aromatic heterocycles. The number of halogens is 2. The molecule has 3 aromatic rings. The Balaban J connectivity index is 1.10. The molecule has 0 radical (unpaired) electrons. The minimum absolute atomic E-state index is 0.0406. The Bertz CT molecular complexity index is 1570. The fourth-order valence-corrected chi connectivity index (χ4v) is 6.58. The molecule has 208 valence electrons. The van der Waals surface area contributed by atoms with Gasteiger partial charge in [-0.15, -0.1) is 0 Å². The number of Topliss-reactive ketones (excluding diaryl/α,β-unsaturated/α-hetero) is 1. The molecule has 41 heavy (non-hydrogen) atoms. The van der Waals surface area contributed by atoms with Crippen LogP contribution in [0.5, 0.6) is 5.75 Å². The maximum atomic E-state index is 13.3. The zero-order chi connectivity index (χ0) is 28.8. The molecule has 0 spiro atoms. The molecule has 2 amide bonds. The molecule has 3 aliphatic rings. The van der Waals surface area contributed by atoms with Crippen molar-refractivity contribution in [2.75, 3.05) is 11.5 Å². The lowest BCUT2D eigenvalue weighted by atomic mass is 9.81. The minimum Gasteiger partial charge on any atom is -0.454 e. The number of benzene rings is 3. The average molecular weight is 592 g/mol. The molecule has 1 heterocycles. The van der Waals surface area contributed by atoms with E-state index in [-0.39, 0.29) is 68.6 Å². The van der Waals surface area contributed by atoms with Gasteiger partial charge in [0.15, 0.2) is 12.4 Å². The van der Waals surface area contributed by atoms with Crippen molar-refractivity contribution in [1.82, 2.24) is 0 Å². The largest absolute Gasteiger partial charge is 0.454 e.